The van der Waals surface area contributed by atoms with Gasteiger partial charge in [0.2, 0.25) is 0 Å². The Morgan fingerprint density at radius 1 is 1.45 bits per heavy atom. The molecule has 1 rings (SSSR count). The molecule has 0 saturated heterocycles. The maximum Gasteiger partial charge on any atom is 0.492 e. The fourth-order valence-electron chi connectivity index (χ4n) is 0.666. The van der Waals surface area contributed by atoms with E-state index < -0.39 is 7.12 Å². The van der Waals surface area contributed by atoms with Crippen LogP contribution in [-0.2, 0) is 0 Å². The summed E-state index contributed by atoms with van der Waals surface area (Å²) < 4.78 is 0. The first-order valence-electron chi connectivity index (χ1n) is 2.88. The monoisotopic (exact) mass is 172 g/mol. The average Bonchev–Trinajstić information content (AvgIpc) is 1.94. The van der Waals surface area contributed by atoms with Crippen LogP contribution in [0.25, 0.3) is 0 Å². The van der Waals surface area contributed by atoms with Crippen molar-refractivity contribution < 1.29 is 10.0 Å². The summed E-state index contributed by atoms with van der Waals surface area (Å²) >= 11 is 5.55. The van der Waals surface area contributed by atoms with E-state index in [0.717, 1.165) is 0 Å². The molecule has 0 aliphatic rings. The normalized spacial score (nSPS) is 9.73. The Morgan fingerprint density at radius 2 is 2.09 bits per heavy atom. The number of aromatic nitrogens is 1. The predicted molar refractivity (Wildman–Crippen MR) is 43.5 cm³/mol. The number of nitrogens with zero attached hydrogens (tertiary/aromatic N) is 1. The van der Waals surface area contributed by atoms with Crippen molar-refractivity contribution in [3.8, 4) is 0 Å². The van der Waals surface area contributed by atoms with Crippen LogP contribution in [0.5, 0.6) is 0 Å². The fourth-order valence-corrected chi connectivity index (χ4v) is 0.831. The summed E-state index contributed by atoms with van der Waals surface area (Å²) in [7, 11) is -1.62. The Balaban J connectivity index is 3.17. The molecular formula is C5H6BClN2O2. The lowest BCUT2D eigenvalue weighted by Gasteiger charge is -2.03. The van der Waals surface area contributed by atoms with Crippen molar-refractivity contribution in [2.45, 2.75) is 0 Å². The Labute approximate surface area is 68.8 Å². The number of hydrogen-bond acceptors (Lipinski definition) is 4. The van der Waals surface area contributed by atoms with E-state index in [9.17, 15) is 0 Å². The third kappa shape index (κ3) is 1.62. The molecule has 1 aromatic rings. The molecule has 0 aliphatic heterocycles. The van der Waals surface area contributed by atoms with Crippen LogP contribution >= 0.6 is 11.6 Å². The zero-order chi connectivity index (χ0) is 8.43. The van der Waals surface area contributed by atoms with E-state index in [1.807, 2.05) is 0 Å². The molecule has 11 heavy (non-hydrogen) atoms. The minimum atomic E-state index is -1.62. The number of anilines is 1. The lowest BCUT2D eigenvalue weighted by atomic mass is 9.80. The summed E-state index contributed by atoms with van der Waals surface area (Å²) in [5.74, 6) is 0. The van der Waals surface area contributed by atoms with E-state index in [1.165, 1.54) is 12.4 Å². The topological polar surface area (TPSA) is 79.4 Å². The standard InChI is InChI=1S/C5H6BClN2O2/c7-4-2-9-1-3(5(4)8)6(10)11/h1-2,10-11H,(H2,8,9). The minimum Gasteiger partial charge on any atom is -0.423 e. The highest BCUT2D eigenvalue weighted by Crippen LogP contribution is 2.12. The molecule has 0 bridgehead atoms. The SMILES string of the molecule is Nc1c(Cl)cncc1B(O)O. The first kappa shape index (κ1) is 8.32. The van der Waals surface area contributed by atoms with Gasteiger partial charge in [0.15, 0.2) is 0 Å². The van der Waals surface area contributed by atoms with E-state index in [1.54, 1.807) is 0 Å². The molecule has 0 aromatic carbocycles. The van der Waals surface area contributed by atoms with E-state index in [0.29, 0.717) is 0 Å². The second-order valence-corrected chi connectivity index (χ2v) is 2.41. The van der Waals surface area contributed by atoms with Gasteiger partial charge in [-0.2, -0.15) is 0 Å². The third-order valence-corrected chi connectivity index (χ3v) is 1.55. The van der Waals surface area contributed by atoms with Gasteiger partial charge in [-0.1, -0.05) is 11.6 Å². The molecule has 0 unspecified atom stereocenters. The molecule has 0 fully saturated rings. The average molecular weight is 172 g/mol. The molecule has 0 amide bonds. The van der Waals surface area contributed by atoms with Gasteiger partial charge in [0, 0.05) is 17.9 Å². The zero-order valence-corrected chi connectivity index (χ0v) is 6.28. The van der Waals surface area contributed by atoms with Crippen molar-refractivity contribution in [2.24, 2.45) is 0 Å². The van der Waals surface area contributed by atoms with Gasteiger partial charge in [0.05, 0.1) is 10.7 Å². The van der Waals surface area contributed by atoms with Gasteiger partial charge in [-0.15, -0.1) is 0 Å². The molecule has 0 atom stereocenters. The largest absolute Gasteiger partial charge is 0.492 e. The lowest BCUT2D eigenvalue weighted by molar-refractivity contribution is 0.426. The quantitative estimate of drug-likeness (QED) is 0.475. The number of rotatable bonds is 1. The highest BCUT2D eigenvalue weighted by Gasteiger charge is 2.16. The van der Waals surface area contributed by atoms with Gasteiger partial charge < -0.3 is 15.8 Å². The Morgan fingerprint density at radius 3 is 2.55 bits per heavy atom. The molecule has 0 aliphatic carbocycles. The van der Waals surface area contributed by atoms with Gasteiger partial charge in [-0.3, -0.25) is 4.98 Å². The predicted octanol–water partition coefficient (Wildman–Crippen LogP) is -1.00. The van der Waals surface area contributed by atoms with E-state index in [-0.39, 0.29) is 16.2 Å². The summed E-state index contributed by atoms with van der Waals surface area (Å²) in [5, 5.41) is 17.6. The smallest absolute Gasteiger partial charge is 0.423 e. The maximum absolute atomic E-state index is 8.71. The number of pyridine rings is 1. The maximum atomic E-state index is 8.71. The van der Waals surface area contributed by atoms with Crippen LogP contribution in [0.15, 0.2) is 12.4 Å². The molecule has 6 heteroatoms. The van der Waals surface area contributed by atoms with Crippen LogP contribution in [0.2, 0.25) is 5.02 Å². The summed E-state index contributed by atoms with van der Waals surface area (Å²) in [5.41, 5.74) is 5.66. The summed E-state index contributed by atoms with van der Waals surface area (Å²) in [4.78, 5) is 3.63. The second-order valence-electron chi connectivity index (χ2n) is 2.00. The van der Waals surface area contributed by atoms with Crippen LogP contribution in [0.1, 0.15) is 0 Å². The summed E-state index contributed by atoms with van der Waals surface area (Å²) in [6.45, 7) is 0. The molecular weight excluding hydrogens is 166 g/mol. The number of halogens is 1. The zero-order valence-electron chi connectivity index (χ0n) is 5.53. The summed E-state index contributed by atoms with van der Waals surface area (Å²) in [6, 6.07) is 0. The molecule has 1 aromatic heterocycles. The number of hydrogen-bond donors (Lipinski definition) is 3. The third-order valence-electron chi connectivity index (χ3n) is 1.25. The lowest BCUT2D eigenvalue weighted by Crippen LogP contribution is -2.32. The van der Waals surface area contributed by atoms with Crippen molar-refractivity contribution in [3.05, 3.63) is 17.4 Å². The molecule has 58 valence electrons. The van der Waals surface area contributed by atoms with Crippen LogP contribution in [0, 0.1) is 0 Å². The molecule has 0 saturated carbocycles. The molecule has 4 N–H and O–H groups in total. The molecule has 0 radical (unpaired) electrons. The van der Waals surface area contributed by atoms with Gasteiger partial charge in [-0.25, -0.2) is 0 Å². The highest BCUT2D eigenvalue weighted by molar-refractivity contribution is 6.61. The molecule has 4 nitrogen and oxygen atoms in total. The van der Waals surface area contributed by atoms with Gasteiger partial charge in [-0.05, 0) is 0 Å². The van der Waals surface area contributed by atoms with Crippen LogP contribution < -0.4 is 11.2 Å². The Kier molecular flexibility index (Phi) is 2.33. The molecule has 0 spiro atoms. The van der Waals surface area contributed by atoms with Crippen molar-refractivity contribution in [2.75, 3.05) is 5.73 Å². The first-order chi connectivity index (χ1) is 5.13. The van der Waals surface area contributed by atoms with Crippen LogP contribution in [0.3, 0.4) is 0 Å². The van der Waals surface area contributed by atoms with Crippen LogP contribution in [0.4, 0.5) is 5.69 Å². The van der Waals surface area contributed by atoms with Crippen molar-refractivity contribution in [1.82, 2.24) is 4.98 Å². The number of nitrogens with two attached hydrogens (primary N) is 1. The summed E-state index contributed by atoms with van der Waals surface area (Å²) in [6.07, 6.45) is 2.59. The minimum absolute atomic E-state index is 0.123. The van der Waals surface area contributed by atoms with Crippen molar-refractivity contribution >= 4 is 29.9 Å². The number of nitrogen functional groups attached to an aromatic ring is 1. The Hall–Kier alpha value is -0.775. The van der Waals surface area contributed by atoms with Gasteiger partial charge in [0.25, 0.3) is 0 Å². The van der Waals surface area contributed by atoms with E-state index >= 15 is 0 Å². The van der Waals surface area contributed by atoms with Gasteiger partial charge >= 0.3 is 7.12 Å². The van der Waals surface area contributed by atoms with Crippen LogP contribution in [-0.4, -0.2) is 22.2 Å². The van der Waals surface area contributed by atoms with Gasteiger partial charge in [0.1, 0.15) is 0 Å². The molecule has 1 heterocycles. The van der Waals surface area contributed by atoms with Crippen molar-refractivity contribution in [1.29, 1.82) is 0 Å². The first-order valence-corrected chi connectivity index (χ1v) is 3.25. The highest BCUT2D eigenvalue weighted by atomic mass is 35.5. The second kappa shape index (κ2) is 3.08. The van der Waals surface area contributed by atoms with E-state index in [2.05, 4.69) is 4.98 Å². The van der Waals surface area contributed by atoms with E-state index in [4.69, 9.17) is 27.4 Å². The Bertz CT molecular complexity index is 269. The fraction of sp³-hybridized carbons (Fsp3) is 0. The van der Waals surface area contributed by atoms with Crippen molar-refractivity contribution in [3.63, 3.8) is 0 Å².